The van der Waals surface area contributed by atoms with Crippen LogP contribution in [0.5, 0.6) is 23.0 Å². The third kappa shape index (κ3) is 6.77. The second kappa shape index (κ2) is 12.1. The van der Waals surface area contributed by atoms with E-state index in [4.69, 9.17) is 30.0 Å². The van der Waals surface area contributed by atoms with Gasteiger partial charge in [0.2, 0.25) is 0 Å². The molecule has 188 valence electrons. The molecule has 1 N–H and O–H groups in total. The average molecular weight is 531 g/mol. The van der Waals surface area contributed by atoms with Crippen molar-refractivity contribution in [3.8, 4) is 23.0 Å². The molecule has 0 bridgehead atoms. The molecule has 3 aromatic rings. The van der Waals surface area contributed by atoms with Crippen LogP contribution in [0, 0.1) is 0 Å². The van der Waals surface area contributed by atoms with Crippen LogP contribution in [-0.2, 0) is 10.1 Å². The van der Waals surface area contributed by atoms with E-state index in [2.05, 4.69) is 17.1 Å². The Balaban J connectivity index is 1.70. The van der Waals surface area contributed by atoms with Gasteiger partial charge < -0.3 is 18.4 Å². The fourth-order valence-electron chi connectivity index (χ4n) is 2.91. The number of methoxy groups -OCH3 is 2. The van der Waals surface area contributed by atoms with Gasteiger partial charge >= 0.3 is 10.1 Å². The molecule has 0 aliphatic rings. The maximum Gasteiger partial charge on any atom is 0.339 e. The van der Waals surface area contributed by atoms with Gasteiger partial charge in [0.25, 0.3) is 5.91 Å². The Labute approximate surface area is 214 Å². The van der Waals surface area contributed by atoms with Gasteiger partial charge in [0.05, 0.1) is 20.4 Å². The van der Waals surface area contributed by atoms with Crippen LogP contribution in [0.25, 0.3) is 0 Å². The summed E-state index contributed by atoms with van der Waals surface area (Å²) in [6, 6.07) is 14.8. The zero-order valence-electron chi connectivity index (χ0n) is 19.4. The lowest BCUT2D eigenvalue weighted by atomic mass is 10.2. The average Bonchev–Trinajstić information content (AvgIpc) is 2.88. The Bertz CT molecular complexity index is 1370. The van der Waals surface area contributed by atoms with Crippen molar-refractivity contribution in [3.63, 3.8) is 0 Å². The maximum atomic E-state index is 12.6. The van der Waals surface area contributed by atoms with Gasteiger partial charge in [-0.25, -0.2) is 5.43 Å². The number of nitrogens with one attached hydrogen (secondary N) is 1. The first-order valence-corrected chi connectivity index (χ1v) is 12.2. The van der Waals surface area contributed by atoms with E-state index in [1.165, 1.54) is 62.9 Å². The van der Waals surface area contributed by atoms with Gasteiger partial charge in [-0.2, -0.15) is 13.5 Å². The minimum absolute atomic E-state index is 0.0144. The molecule has 0 saturated heterocycles. The van der Waals surface area contributed by atoms with Crippen LogP contribution in [0.15, 0.2) is 83.3 Å². The Morgan fingerprint density at radius 2 is 1.64 bits per heavy atom. The molecule has 3 rings (SSSR count). The van der Waals surface area contributed by atoms with Crippen molar-refractivity contribution < 1.29 is 31.6 Å². The summed E-state index contributed by atoms with van der Waals surface area (Å²) in [6.07, 6.45) is 2.97. The number of carbonyl (C=O) groups is 1. The molecule has 11 heteroatoms. The molecule has 0 fully saturated rings. The van der Waals surface area contributed by atoms with Crippen LogP contribution >= 0.6 is 11.6 Å². The zero-order valence-corrected chi connectivity index (χ0v) is 21.0. The van der Waals surface area contributed by atoms with Gasteiger partial charge in [-0.15, -0.1) is 0 Å². The quantitative estimate of drug-likeness (QED) is 0.169. The van der Waals surface area contributed by atoms with E-state index in [9.17, 15) is 13.2 Å². The molecule has 36 heavy (non-hydrogen) atoms. The van der Waals surface area contributed by atoms with Crippen molar-refractivity contribution in [1.82, 2.24) is 5.43 Å². The summed E-state index contributed by atoms with van der Waals surface area (Å²) in [6.45, 7) is 3.89. The molecular formula is C25H23ClN2O7S. The third-order valence-corrected chi connectivity index (χ3v) is 6.15. The van der Waals surface area contributed by atoms with E-state index in [1.54, 1.807) is 24.3 Å². The van der Waals surface area contributed by atoms with Crippen LogP contribution in [0.4, 0.5) is 0 Å². The van der Waals surface area contributed by atoms with Crippen LogP contribution in [0.1, 0.15) is 15.9 Å². The predicted molar refractivity (Wildman–Crippen MR) is 136 cm³/mol. The Morgan fingerprint density at radius 3 is 2.31 bits per heavy atom. The number of carbonyl (C=O) groups excluding carboxylic acids is 1. The van der Waals surface area contributed by atoms with Crippen molar-refractivity contribution in [2.75, 3.05) is 20.8 Å². The second-order valence-electron chi connectivity index (χ2n) is 7.07. The normalized spacial score (nSPS) is 11.1. The molecule has 0 atom stereocenters. The molecule has 9 nitrogen and oxygen atoms in total. The highest BCUT2D eigenvalue weighted by molar-refractivity contribution is 7.87. The number of rotatable bonds is 11. The van der Waals surface area contributed by atoms with Gasteiger partial charge in [-0.1, -0.05) is 24.3 Å². The van der Waals surface area contributed by atoms with Gasteiger partial charge in [0, 0.05) is 10.6 Å². The van der Waals surface area contributed by atoms with Crippen molar-refractivity contribution in [2.45, 2.75) is 4.90 Å². The van der Waals surface area contributed by atoms with Gasteiger partial charge in [-0.05, 0) is 66.2 Å². The molecular weight excluding hydrogens is 508 g/mol. The predicted octanol–water partition coefficient (Wildman–Crippen LogP) is 4.45. The molecule has 0 aliphatic heterocycles. The first-order valence-electron chi connectivity index (χ1n) is 10.4. The highest BCUT2D eigenvalue weighted by atomic mass is 35.5. The number of hydrazone groups is 1. The lowest BCUT2D eigenvalue weighted by Gasteiger charge is -2.11. The summed E-state index contributed by atoms with van der Waals surface area (Å²) in [7, 11) is -1.26. The first kappa shape index (κ1) is 26.6. The highest BCUT2D eigenvalue weighted by Gasteiger charge is 2.19. The van der Waals surface area contributed by atoms with Crippen molar-refractivity contribution >= 4 is 33.8 Å². The summed E-state index contributed by atoms with van der Waals surface area (Å²) in [5.41, 5.74) is 3.25. The minimum Gasteiger partial charge on any atom is -0.493 e. The lowest BCUT2D eigenvalue weighted by Crippen LogP contribution is -2.17. The lowest BCUT2D eigenvalue weighted by molar-refractivity contribution is 0.0954. The molecule has 0 aromatic heterocycles. The van der Waals surface area contributed by atoms with Gasteiger partial charge in [-0.3, -0.25) is 4.79 Å². The summed E-state index contributed by atoms with van der Waals surface area (Å²) < 4.78 is 46.3. The second-order valence-corrected chi connectivity index (χ2v) is 9.05. The Hall–Kier alpha value is -4.02. The molecule has 0 aliphatic carbocycles. The monoisotopic (exact) mass is 530 g/mol. The van der Waals surface area contributed by atoms with E-state index in [0.717, 1.165) is 0 Å². The van der Waals surface area contributed by atoms with E-state index < -0.39 is 16.0 Å². The molecule has 0 spiro atoms. The van der Waals surface area contributed by atoms with Gasteiger partial charge in [0.15, 0.2) is 23.0 Å². The summed E-state index contributed by atoms with van der Waals surface area (Å²) in [5, 5.41) is 4.34. The third-order valence-electron chi connectivity index (χ3n) is 4.65. The van der Waals surface area contributed by atoms with Crippen LogP contribution in [-0.4, -0.2) is 41.4 Å². The van der Waals surface area contributed by atoms with Gasteiger partial charge in [0.1, 0.15) is 11.5 Å². The molecule has 1 amide bonds. The number of halogens is 1. The molecule has 0 saturated carbocycles. The number of hydrogen-bond acceptors (Lipinski definition) is 8. The fraction of sp³-hybridized carbons (Fsp3) is 0.120. The van der Waals surface area contributed by atoms with E-state index in [-0.39, 0.29) is 16.4 Å². The van der Waals surface area contributed by atoms with Crippen LogP contribution in [0.3, 0.4) is 0 Å². The molecule has 0 heterocycles. The van der Waals surface area contributed by atoms with Crippen LogP contribution < -0.4 is 23.8 Å². The van der Waals surface area contributed by atoms with Crippen molar-refractivity contribution in [1.29, 1.82) is 0 Å². The number of nitrogens with zero attached hydrogens (tertiary/aromatic N) is 1. The summed E-state index contributed by atoms with van der Waals surface area (Å²) in [4.78, 5) is 12.4. The van der Waals surface area contributed by atoms with Crippen molar-refractivity contribution in [2.24, 2.45) is 5.10 Å². The van der Waals surface area contributed by atoms with Crippen LogP contribution in [0.2, 0.25) is 5.02 Å². The fourth-order valence-corrected chi connectivity index (χ4v) is 3.97. The largest absolute Gasteiger partial charge is 0.493 e. The summed E-state index contributed by atoms with van der Waals surface area (Å²) >= 11 is 5.81. The number of amides is 1. The zero-order chi connectivity index (χ0) is 26.1. The minimum atomic E-state index is -4.10. The number of hydrogen-bond donors (Lipinski definition) is 1. The topological polar surface area (TPSA) is 113 Å². The molecule has 3 aromatic carbocycles. The standard InChI is InChI=1S/C25H23ClN2O7S/c1-4-13-34-21-12-6-18(15-24(21)33-3)25(29)28-27-16-17-5-11-22(23(14-17)32-2)35-36(30,31)20-9-7-19(26)8-10-20/h4-12,14-16H,1,13H2,2-3H3,(H,28,29)/b27-16+. The Kier molecular flexibility index (Phi) is 8.93. The van der Waals surface area contributed by atoms with E-state index >= 15 is 0 Å². The van der Waals surface area contributed by atoms with Crippen molar-refractivity contribution in [3.05, 3.63) is 89.5 Å². The maximum absolute atomic E-state index is 12.6. The SMILES string of the molecule is C=CCOc1ccc(C(=O)N/N=C/c2ccc(OS(=O)(=O)c3ccc(Cl)cc3)c(OC)c2)cc1OC. The van der Waals surface area contributed by atoms with E-state index in [1.807, 2.05) is 0 Å². The Morgan fingerprint density at radius 1 is 0.972 bits per heavy atom. The molecule has 0 unspecified atom stereocenters. The first-order chi connectivity index (χ1) is 17.3. The summed E-state index contributed by atoms with van der Waals surface area (Å²) in [5.74, 6) is 0.537. The number of benzene rings is 3. The van der Waals surface area contributed by atoms with E-state index in [0.29, 0.717) is 34.3 Å². The number of ether oxygens (including phenoxy) is 3. The molecule has 0 radical (unpaired) electrons. The smallest absolute Gasteiger partial charge is 0.339 e. The highest BCUT2D eigenvalue weighted by Crippen LogP contribution is 2.31.